The number of rotatable bonds is 5. The molecule has 1 aromatic heterocycles. The highest BCUT2D eigenvalue weighted by atomic mass is 16.5. The second-order valence-electron chi connectivity index (χ2n) is 5.23. The lowest BCUT2D eigenvalue weighted by Gasteiger charge is -2.13. The molecule has 1 atom stereocenters. The predicted octanol–water partition coefficient (Wildman–Crippen LogP) is 3.11. The largest absolute Gasteiger partial charge is 0.489 e. The zero-order chi connectivity index (χ0) is 14.0. The van der Waals surface area contributed by atoms with Crippen LogP contribution in [0, 0.1) is 0 Å². The summed E-state index contributed by atoms with van der Waals surface area (Å²) in [6.45, 7) is 6.89. The lowest BCUT2D eigenvalue weighted by Crippen LogP contribution is -2.16. The predicted molar refractivity (Wildman–Crippen MR) is 76.8 cm³/mol. The monoisotopic (exact) mass is 262 g/mol. The van der Waals surface area contributed by atoms with Crippen LogP contribution in [-0.4, -0.2) is 29.6 Å². The lowest BCUT2D eigenvalue weighted by molar-refractivity contribution is 0.0721. The zero-order valence-electron chi connectivity index (χ0n) is 12.3. The summed E-state index contributed by atoms with van der Waals surface area (Å²) in [4.78, 5) is 0. The first-order chi connectivity index (χ1) is 9.02. The van der Waals surface area contributed by atoms with E-state index in [0.29, 0.717) is 12.5 Å². The Morgan fingerprint density at radius 1 is 1.26 bits per heavy atom. The number of aryl methyl sites for hydroxylation is 1. The van der Waals surface area contributed by atoms with Crippen molar-refractivity contribution in [2.24, 2.45) is 7.05 Å². The van der Waals surface area contributed by atoms with Crippen molar-refractivity contribution < 1.29 is 9.47 Å². The number of hydrogen-bond donors (Lipinski definition) is 0. The maximum atomic E-state index is 5.82. The molecule has 1 aromatic carbocycles. The second kappa shape index (κ2) is 5.61. The summed E-state index contributed by atoms with van der Waals surface area (Å²) in [7, 11) is 3.62. The van der Waals surface area contributed by atoms with Crippen LogP contribution >= 0.6 is 0 Å². The molecule has 104 valence electrons. The van der Waals surface area contributed by atoms with Gasteiger partial charge >= 0.3 is 0 Å². The first-order valence-corrected chi connectivity index (χ1v) is 6.64. The number of fused-ring (bicyclic) bond motifs is 1. The van der Waals surface area contributed by atoms with E-state index in [-0.39, 0.29) is 6.10 Å². The third-order valence-corrected chi connectivity index (χ3v) is 3.29. The van der Waals surface area contributed by atoms with E-state index in [1.165, 1.54) is 10.9 Å². The van der Waals surface area contributed by atoms with E-state index >= 15 is 0 Å². The summed E-state index contributed by atoms with van der Waals surface area (Å²) >= 11 is 0. The van der Waals surface area contributed by atoms with Crippen molar-refractivity contribution in [2.75, 3.05) is 13.7 Å². The van der Waals surface area contributed by atoms with E-state index in [9.17, 15) is 0 Å². The van der Waals surface area contributed by atoms with E-state index in [1.807, 2.05) is 24.7 Å². The Labute approximate surface area is 114 Å². The van der Waals surface area contributed by atoms with E-state index in [0.717, 1.165) is 11.3 Å². The molecule has 4 nitrogen and oxygen atoms in total. The van der Waals surface area contributed by atoms with Gasteiger partial charge in [-0.1, -0.05) is 19.9 Å². The minimum absolute atomic E-state index is 0.0727. The highest BCUT2D eigenvalue weighted by molar-refractivity contribution is 5.87. The van der Waals surface area contributed by atoms with Crippen molar-refractivity contribution in [3.05, 3.63) is 23.9 Å². The SMILES string of the molecule is CO[C@H](C)COc1ccc(C(C)C)c2cn(C)nc12. The molecule has 0 bridgehead atoms. The minimum atomic E-state index is 0.0727. The molecular weight excluding hydrogens is 240 g/mol. The fourth-order valence-electron chi connectivity index (χ4n) is 2.11. The molecule has 0 aliphatic rings. The topological polar surface area (TPSA) is 36.3 Å². The lowest BCUT2D eigenvalue weighted by atomic mass is 9.99. The summed E-state index contributed by atoms with van der Waals surface area (Å²) in [5.74, 6) is 1.29. The van der Waals surface area contributed by atoms with Gasteiger partial charge in [0.2, 0.25) is 0 Å². The number of ether oxygens (including phenoxy) is 2. The molecule has 0 radical (unpaired) electrons. The van der Waals surface area contributed by atoms with E-state index in [1.54, 1.807) is 7.11 Å². The van der Waals surface area contributed by atoms with Crippen LogP contribution in [0.15, 0.2) is 18.3 Å². The van der Waals surface area contributed by atoms with Crippen LogP contribution in [0.4, 0.5) is 0 Å². The average molecular weight is 262 g/mol. The van der Waals surface area contributed by atoms with Gasteiger partial charge in [-0.2, -0.15) is 5.10 Å². The van der Waals surface area contributed by atoms with Crippen LogP contribution in [0.1, 0.15) is 32.3 Å². The highest BCUT2D eigenvalue weighted by Crippen LogP contribution is 2.31. The van der Waals surface area contributed by atoms with Crippen molar-refractivity contribution in [3.8, 4) is 5.75 Å². The number of methoxy groups -OCH3 is 1. The van der Waals surface area contributed by atoms with Gasteiger partial charge in [-0.05, 0) is 24.5 Å². The average Bonchev–Trinajstić information content (AvgIpc) is 2.76. The summed E-state index contributed by atoms with van der Waals surface area (Å²) in [5.41, 5.74) is 2.23. The van der Waals surface area contributed by atoms with Crippen molar-refractivity contribution in [1.29, 1.82) is 0 Å². The molecule has 0 spiro atoms. The van der Waals surface area contributed by atoms with Gasteiger partial charge < -0.3 is 9.47 Å². The molecule has 0 aliphatic carbocycles. The van der Waals surface area contributed by atoms with Crippen LogP contribution < -0.4 is 4.74 Å². The second-order valence-corrected chi connectivity index (χ2v) is 5.23. The van der Waals surface area contributed by atoms with Crippen LogP contribution in [0.2, 0.25) is 0 Å². The Kier molecular flexibility index (Phi) is 4.10. The van der Waals surface area contributed by atoms with Gasteiger partial charge in [0.1, 0.15) is 17.9 Å². The quantitative estimate of drug-likeness (QED) is 0.830. The van der Waals surface area contributed by atoms with E-state index in [4.69, 9.17) is 9.47 Å². The van der Waals surface area contributed by atoms with Gasteiger partial charge in [-0.3, -0.25) is 4.68 Å². The van der Waals surface area contributed by atoms with Gasteiger partial charge in [-0.25, -0.2) is 0 Å². The third kappa shape index (κ3) is 2.89. The van der Waals surface area contributed by atoms with Crippen molar-refractivity contribution in [1.82, 2.24) is 9.78 Å². The maximum absolute atomic E-state index is 5.82. The molecule has 0 fully saturated rings. The summed E-state index contributed by atoms with van der Waals surface area (Å²) in [6.07, 6.45) is 2.13. The molecule has 1 heterocycles. The normalized spacial score (nSPS) is 13.2. The summed E-state index contributed by atoms with van der Waals surface area (Å²) < 4.78 is 12.9. The van der Waals surface area contributed by atoms with Crippen molar-refractivity contribution >= 4 is 10.9 Å². The fourth-order valence-corrected chi connectivity index (χ4v) is 2.11. The van der Waals surface area contributed by atoms with Crippen LogP contribution in [-0.2, 0) is 11.8 Å². The summed E-state index contributed by atoms with van der Waals surface area (Å²) in [5, 5.41) is 5.68. The molecular formula is C15H22N2O2. The molecule has 4 heteroatoms. The van der Waals surface area contributed by atoms with Gasteiger partial charge in [0.05, 0.1) is 6.10 Å². The summed E-state index contributed by atoms with van der Waals surface area (Å²) in [6, 6.07) is 4.13. The molecule has 2 aromatic rings. The van der Waals surface area contributed by atoms with E-state index in [2.05, 4.69) is 31.2 Å². The molecule has 0 N–H and O–H groups in total. The Bertz CT molecular complexity index is 561. The number of nitrogens with zero attached hydrogens (tertiary/aromatic N) is 2. The molecule has 2 rings (SSSR count). The highest BCUT2D eigenvalue weighted by Gasteiger charge is 2.13. The molecule has 0 amide bonds. The Morgan fingerprint density at radius 3 is 2.63 bits per heavy atom. The Morgan fingerprint density at radius 2 is 2.00 bits per heavy atom. The maximum Gasteiger partial charge on any atom is 0.147 e. The first kappa shape index (κ1) is 13.9. The Balaban J connectivity index is 2.38. The number of hydrogen-bond acceptors (Lipinski definition) is 3. The molecule has 0 unspecified atom stereocenters. The Hall–Kier alpha value is -1.55. The minimum Gasteiger partial charge on any atom is -0.489 e. The van der Waals surface area contributed by atoms with Crippen LogP contribution in [0.5, 0.6) is 5.75 Å². The van der Waals surface area contributed by atoms with Gasteiger partial charge in [0.15, 0.2) is 0 Å². The number of benzene rings is 1. The molecule has 0 aliphatic heterocycles. The van der Waals surface area contributed by atoms with Gasteiger partial charge in [0, 0.05) is 25.7 Å². The molecule has 0 saturated heterocycles. The number of aromatic nitrogens is 2. The standard InChI is InChI=1S/C15H22N2O2/c1-10(2)12-6-7-14(19-9-11(3)18-5)15-13(12)8-17(4)16-15/h6-8,10-11H,9H2,1-5H3/t11-/m1/s1. The third-order valence-electron chi connectivity index (χ3n) is 3.29. The van der Waals surface area contributed by atoms with Crippen LogP contribution in [0.3, 0.4) is 0 Å². The zero-order valence-corrected chi connectivity index (χ0v) is 12.3. The van der Waals surface area contributed by atoms with Crippen LogP contribution in [0.25, 0.3) is 10.9 Å². The van der Waals surface area contributed by atoms with Crippen molar-refractivity contribution in [2.45, 2.75) is 32.8 Å². The first-order valence-electron chi connectivity index (χ1n) is 6.64. The van der Waals surface area contributed by atoms with E-state index < -0.39 is 0 Å². The molecule has 0 saturated carbocycles. The smallest absolute Gasteiger partial charge is 0.147 e. The fraction of sp³-hybridized carbons (Fsp3) is 0.533. The van der Waals surface area contributed by atoms with Gasteiger partial charge in [0.25, 0.3) is 0 Å². The van der Waals surface area contributed by atoms with Crippen molar-refractivity contribution in [3.63, 3.8) is 0 Å². The molecule has 19 heavy (non-hydrogen) atoms. The van der Waals surface area contributed by atoms with Gasteiger partial charge in [-0.15, -0.1) is 0 Å².